The van der Waals surface area contributed by atoms with Crippen LogP contribution in [0.3, 0.4) is 0 Å². The van der Waals surface area contributed by atoms with Gasteiger partial charge in [-0.2, -0.15) is 13.2 Å². The van der Waals surface area contributed by atoms with E-state index in [9.17, 15) is 18.0 Å². The third-order valence-electron chi connectivity index (χ3n) is 4.51. The van der Waals surface area contributed by atoms with Gasteiger partial charge in [0.1, 0.15) is 29.7 Å². The Hall–Kier alpha value is -5.00. The molecule has 0 fully saturated rings. The average molecular weight is 514 g/mol. The van der Waals surface area contributed by atoms with Crippen LogP contribution in [0.4, 0.5) is 23.7 Å². The van der Waals surface area contributed by atoms with E-state index in [2.05, 4.69) is 15.3 Å². The lowest BCUT2D eigenvalue weighted by molar-refractivity contribution is -0.192. The molecule has 192 valence electrons. The molecule has 3 aromatic carbocycles. The fraction of sp³-hybridized carbons (Fsp3) is 0.0800. The fourth-order valence-electron chi connectivity index (χ4n) is 2.84. The summed E-state index contributed by atoms with van der Waals surface area (Å²) < 4.78 is 43.3. The predicted molar refractivity (Wildman–Crippen MR) is 128 cm³/mol. The van der Waals surface area contributed by atoms with Crippen LogP contribution in [0.5, 0.6) is 17.2 Å². The molecule has 0 bridgehead atoms. The smallest absolute Gasteiger partial charge is 0.486 e. The third kappa shape index (κ3) is 8.62. The number of carbonyl (C=O) groups excluding carboxylic acids is 1. The van der Waals surface area contributed by atoms with Crippen molar-refractivity contribution in [3.8, 4) is 28.5 Å². The molecule has 0 saturated heterocycles. The second-order valence-corrected chi connectivity index (χ2v) is 7.29. The molecule has 0 saturated carbocycles. The zero-order valence-corrected chi connectivity index (χ0v) is 19.0. The van der Waals surface area contributed by atoms with Crippen LogP contribution in [-0.2, 0) is 11.4 Å². The molecule has 0 aliphatic carbocycles. The van der Waals surface area contributed by atoms with Crippen molar-refractivity contribution >= 4 is 17.7 Å². The number of para-hydroxylation sites is 1. The highest BCUT2D eigenvalue weighted by Crippen LogP contribution is 2.26. The molecule has 2 amide bonds. The summed E-state index contributed by atoms with van der Waals surface area (Å²) in [7, 11) is 0. The SMILES string of the molecule is NC(=O)Nc1ccc(Oc2ccc(-c3cnc(COc4ccccc4)[nH]3)cc2)cc1.O=C(O)C(F)(F)F. The minimum atomic E-state index is -5.08. The minimum absolute atomic E-state index is 0.367. The van der Waals surface area contributed by atoms with Gasteiger partial charge in [-0.15, -0.1) is 0 Å². The summed E-state index contributed by atoms with van der Waals surface area (Å²) in [5.41, 5.74) is 7.59. The van der Waals surface area contributed by atoms with Crippen LogP contribution in [0.1, 0.15) is 5.82 Å². The number of rotatable bonds is 7. The van der Waals surface area contributed by atoms with Gasteiger partial charge in [-0.1, -0.05) is 18.2 Å². The number of hydrogen-bond acceptors (Lipinski definition) is 5. The summed E-state index contributed by atoms with van der Waals surface area (Å²) in [4.78, 5) is 27.4. The Balaban J connectivity index is 0.000000479. The second kappa shape index (κ2) is 12.1. The normalized spacial score (nSPS) is 10.6. The lowest BCUT2D eigenvalue weighted by Crippen LogP contribution is -2.21. The monoisotopic (exact) mass is 514 g/mol. The lowest BCUT2D eigenvalue weighted by Gasteiger charge is -2.08. The van der Waals surface area contributed by atoms with Crippen LogP contribution in [0.15, 0.2) is 85.1 Å². The molecule has 0 atom stereocenters. The first-order chi connectivity index (χ1) is 17.6. The molecule has 0 aliphatic heterocycles. The number of benzene rings is 3. The van der Waals surface area contributed by atoms with Gasteiger partial charge in [-0.25, -0.2) is 14.6 Å². The molecule has 0 unspecified atom stereocenters. The number of urea groups is 1. The number of aliphatic carboxylic acids is 1. The Bertz CT molecular complexity index is 1310. The average Bonchev–Trinajstić information content (AvgIpc) is 3.34. The van der Waals surface area contributed by atoms with E-state index in [0.29, 0.717) is 23.8 Å². The molecule has 12 heteroatoms. The summed E-state index contributed by atoms with van der Waals surface area (Å²) >= 11 is 0. The number of aromatic amines is 1. The van der Waals surface area contributed by atoms with E-state index in [1.807, 2.05) is 54.6 Å². The van der Waals surface area contributed by atoms with E-state index in [-0.39, 0.29) is 0 Å². The van der Waals surface area contributed by atoms with Gasteiger partial charge in [0.2, 0.25) is 0 Å². The van der Waals surface area contributed by atoms with E-state index >= 15 is 0 Å². The van der Waals surface area contributed by atoms with Crippen LogP contribution in [0.25, 0.3) is 11.3 Å². The van der Waals surface area contributed by atoms with Gasteiger partial charge in [0.25, 0.3) is 0 Å². The number of carboxylic acid groups (broad SMARTS) is 1. The maximum Gasteiger partial charge on any atom is 0.490 e. The van der Waals surface area contributed by atoms with Gasteiger partial charge >= 0.3 is 18.2 Å². The molecule has 1 heterocycles. The molecule has 0 aliphatic rings. The standard InChI is InChI=1S/C23H20N4O3.C2HF3O2/c24-23(28)26-17-8-12-20(13-9-17)30-19-10-6-16(7-11-19)21-14-25-22(27-21)15-29-18-4-2-1-3-5-18;3-2(4,5)1(6)7/h1-14H,15H2,(H,25,27)(H3,24,26,28);(H,6,7). The number of amides is 2. The van der Waals surface area contributed by atoms with E-state index < -0.39 is 18.2 Å². The van der Waals surface area contributed by atoms with Crippen molar-refractivity contribution in [3.05, 3.63) is 90.9 Å². The number of nitrogens with zero attached hydrogens (tertiary/aromatic N) is 1. The van der Waals surface area contributed by atoms with Crippen molar-refractivity contribution in [2.45, 2.75) is 12.8 Å². The Morgan fingerprint density at radius 3 is 2.03 bits per heavy atom. The van der Waals surface area contributed by atoms with Crippen LogP contribution in [-0.4, -0.2) is 33.3 Å². The molecule has 0 radical (unpaired) electrons. The quantitative estimate of drug-likeness (QED) is 0.254. The molecule has 37 heavy (non-hydrogen) atoms. The first kappa shape index (κ1) is 26.6. The number of alkyl halides is 3. The number of anilines is 1. The van der Waals surface area contributed by atoms with Crippen molar-refractivity contribution in [2.75, 3.05) is 5.32 Å². The van der Waals surface area contributed by atoms with Gasteiger partial charge in [0.15, 0.2) is 0 Å². The molecule has 1 aromatic heterocycles. The van der Waals surface area contributed by atoms with Gasteiger partial charge in [-0.05, 0) is 66.2 Å². The van der Waals surface area contributed by atoms with Gasteiger partial charge < -0.3 is 30.6 Å². The highest BCUT2D eigenvalue weighted by molar-refractivity contribution is 5.87. The Kier molecular flexibility index (Phi) is 8.71. The number of nitrogens with one attached hydrogen (secondary N) is 2. The molecule has 4 rings (SSSR count). The Labute approximate surface area is 208 Å². The topological polar surface area (TPSA) is 140 Å². The van der Waals surface area contributed by atoms with Crippen molar-refractivity contribution in [2.24, 2.45) is 5.73 Å². The van der Waals surface area contributed by atoms with Crippen LogP contribution in [0.2, 0.25) is 0 Å². The van der Waals surface area contributed by atoms with E-state index in [1.54, 1.807) is 30.5 Å². The minimum Gasteiger partial charge on any atom is -0.486 e. The largest absolute Gasteiger partial charge is 0.490 e. The first-order valence-electron chi connectivity index (χ1n) is 10.6. The van der Waals surface area contributed by atoms with Crippen molar-refractivity contribution in [1.82, 2.24) is 9.97 Å². The third-order valence-corrected chi connectivity index (χ3v) is 4.51. The maximum absolute atomic E-state index is 10.9. The van der Waals surface area contributed by atoms with Crippen LogP contribution >= 0.6 is 0 Å². The van der Waals surface area contributed by atoms with Crippen molar-refractivity contribution < 1.29 is 37.3 Å². The zero-order valence-electron chi connectivity index (χ0n) is 19.0. The molecular formula is C25H21F3N4O5. The summed E-state index contributed by atoms with van der Waals surface area (Å²) in [5.74, 6) is 0.142. The molecular weight excluding hydrogens is 493 g/mol. The van der Waals surface area contributed by atoms with Crippen LogP contribution < -0.4 is 20.5 Å². The number of H-pyrrole nitrogens is 1. The van der Waals surface area contributed by atoms with E-state index in [4.69, 9.17) is 25.1 Å². The number of aromatic nitrogens is 2. The highest BCUT2D eigenvalue weighted by Gasteiger charge is 2.38. The summed E-state index contributed by atoms with van der Waals surface area (Å²) in [6.07, 6.45) is -3.30. The van der Waals surface area contributed by atoms with Crippen molar-refractivity contribution in [1.29, 1.82) is 0 Å². The summed E-state index contributed by atoms with van der Waals surface area (Å²) in [6, 6.07) is 23.6. The molecule has 4 aromatic rings. The number of carboxylic acids is 1. The maximum atomic E-state index is 10.9. The van der Waals surface area contributed by atoms with Gasteiger partial charge in [-0.3, -0.25) is 0 Å². The zero-order chi connectivity index (χ0) is 26.8. The fourth-order valence-corrected chi connectivity index (χ4v) is 2.84. The number of nitrogens with two attached hydrogens (primary N) is 1. The Morgan fingerprint density at radius 1 is 0.919 bits per heavy atom. The van der Waals surface area contributed by atoms with Gasteiger partial charge in [0, 0.05) is 5.69 Å². The van der Waals surface area contributed by atoms with Gasteiger partial charge in [0.05, 0.1) is 11.9 Å². The number of imidazole rings is 1. The Morgan fingerprint density at radius 2 is 1.49 bits per heavy atom. The number of primary amides is 1. The number of hydrogen-bond donors (Lipinski definition) is 4. The lowest BCUT2D eigenvalue weighted by atomic mass is 10.1. The molecule has 0 spiro atoms. The molecule has 9 nitrogen and oxygen atoms in total. The van der Waals surface area contributed by atoms with E-state index in [0.717, 1.165) is 22.8 Å². The number of ether oxygens (including phenoxy) is 2. The number of carbonyl (C=O) groups is 2. The first-order valence-corrected chi connectivity index (χ1v) is 10.6. The predicted octanol–water partition coefficient (Wildman–Crippen LogP) is 5.57. The summed E-state index contributed by atoms with van der Waals surface area (Å²) in [6.45, 7) is 0.367. The highest BCUT2D eigenvalue weighted by atomic mass is 19.4. The van der Waals surface area contributed by atoms with E-state index in [1.165, 1.54) is 0 Å². The van der Waals surface area contributed by atoms with Crippen molar-refractivity contribution in [3.63, 3.8) is 0 Å². The molecule has 5 N–H and O–H groups in total. The second-order valence-electron chi connectivity index (χ2n) is 7.29. The summed E-state index contributed by atoms with van der Waals surface area (Å²) in [5, 5.41) is 9.63. The van der Waals surface area contributed by atoms with Crippen LogP contribution in [0, 0.1) is 0 Å². The number of halogens is 3.